The fourth-order valence-electron chi connectivity index (χ4n) is 5.06. The van der Waals surface area contributed by atoms with Crippen molar-refractivity contribution in [2.45, 2.75) is 46.2 Å². The Morgan fingerprint density at radius 3 is 2.12 bits per heavy atom. The molecular formula is C34H45N6O7P. The van der Waals surface area contributed by atoms with Crippen molar-refractivity contribution in [3.63, 3.8) is 0 Å². The molecule has 13 nitrogen and oxygen atoms in total. The molecule has 258 valence electrons. The summed E-state index contributed by atoms with van der Waals surface area (Å²) in [5.41, 5.74) is 1.73. The topological polar surface area (TPSA) is 152 Å². The lowest BCUT2D eigenvalue weighted by Gasteiger charge is -2.36. The van der Waals surface area contributed by atoms with Crippen LogP contribution in [-0.2, 0) is 29.7 Å². The van der Waals surface area contributed by atoms with E-state index < -0.39 is 31.5 Å². The van der Waals surface area contributed by atoms with E-state index in [1.807, 2.05) is 67.6 Å². The van der Waals surface area contributed by atoms with E-state index in [0.717, 1.165) is 18.4 Å². The van der Waals surface area contributed by atoms with Crippen LogP contribution in [0.25, 0.3) is 11.4 Å². The Labute approximate surface area is 281 Å². The lowest BCUT2D eigenvalue weighted by atomic mass is 10.2. The van der Waals surface area contributed by atoms with Gasteiger partial charge in [-0.25, -0.2) is 14.8 Å². The van der Waals surface area contributed by atoms with E-state index >= 15 is 0 Å². The van der Waals surface area contributed by atoms with E-state index in [-0.39, 0.29) is 51.2 Å². The number of carbonyl (C=O) groups is 3. The van der Waals surface area contributed by atoms with Crippen molar-refractivity contribution in [1.29, 1.82) is 0 Å². The van der Waals surface area contributed by atoms with Crippen molar-refractivity contribution in [2.24, 2.45) is 0 Å². The number of aromatic nitrogens is 2. The quantitative estimate of drug-likeness (QED) is 0.153. The number of unbranched alkanes of at least 4 members (excludes halogenated alkanes) is 1. The zero-order valence-electron chi connectivity index (χ0n) is 27.8. The van der Waals surface area contributed by atoms with Gasteiger partial charge in [-0.15, -0.1) is 0 Å². The van der Waals surface area contributed by atoms with Crippen LogP contribution in [0.1, 0.15) is 49.7 Å². The number of nitrogens with one attached hydrogen (secondary N) is 2. The summed E-state index contributed by atoms with van der Waals surface area (Å²) in [7, 11) is -3.78. The van der Waals surface area contributed by atoms with Crippen molar-refractivity contribution >= 4 is 31.3 Å². The summed E-state index contributed by atoms with van der Waals surface area (Å²) < 4.78 is 29.9. The van der Waals surface area contributed by atoms with Crippen LogP contribution >= 0.6 is 7.60 Å². The van der Waals surface area contributed by atoms with Gasteiger partial charge in [0.2, 0.25) is 5.91 Å². The highest BCUT2D eigenvalue weighted by Gasteiger charge is 2.37. The van der Waals surface area contributed by atoms with Gasteiger partial charge in [0.05, 0.1) is 26.0 Å². The highest BCUT2D eigenvalue weighted by atomic mass is 31.2. The SMILES string of the molecule is CCCCOC(=O)N1CCN(C(=O)C(CP(=O)(OCC)OCC)NC(=O)c2cc(NCc3ccccc3)nc(-c3ccccc3)n2)CC1. The summed E-state index contributed by atoms with van der Waals surface area (Å²) in [6, 6.07) is 19.2. The minimum Gasteiger partial charge on any atom is -0.449 e. The maximum Gasteiger partial charge on any atom is 0.409 e. The number of benzene rings is 2. The molecule has 2 aromatic carbocycles. The molecule has 0 radical (unpaired) electrons. The number of carbonyl (C=O) groups excluding carboxylic acids is 3. The van der Waals surface area contributed by atoms with E-state index in [0.29, 0.717) is 30.4 Å². The Morgan fingerprint density at radius 2 is 1.50 bits per heavy atom. The maximum atomic E-state index is 14.0. The van der Waals surface area contributed by atoms with Crippen LogP contribution in [0.5, 0.6) is 0 Å². The van der Waals surface area contributed by atoms with Gasteiger partial charge >= 0.3 is 13.7 Å². The van der Waals surface area contributed by atoms with Crippen molar-refractivity contribution in [3.8, 4) is 11.4 Å². The molecule has 48 heavy (non-hydrogen) atoms. The number of anilines is 1. The molecule has 1 aromatic heterocycles. The predicted octanol–water partition coefficient (Wildman–Crippen LogP) is 5.20. The van der Waals surface area contributed by atoms with Gasteiger partial charge in [0.25, 0.3) is 5.91 Å². The van der Waals surface area contributed by atoms with Gasteiger partial charge in [0.15, 0.2) is 5.82 Å². The summed E-state index contributed by atoms with van der Waals surface area (Å²) >= 11 is 0. The molecule has 2 heterocycles. The predicted molar refractivity (Wildman–Crippen MR) is 183 cm³/mol. The van der Waals surface area contributed by atoms with E-state index in [9.17, 15) is 18.9 Å². The number of hydrogen-bond donors (Lipinski definition) is 2. The molecule has 2 N–H and O–H groups in total. The first-order valence-corrected chi connectivity index (χ1v) is 18.1. The van der Waals surface area contributed by atoms with Crippen LogP contribution in [0.15, 0.2) is 66.7 Å². The second kappa shape index (κ2) is 18.3. The average molecular weight is 681 g/mol. The first-order valence-electron chi connectivity index (χ1n) is 16.4. The molecule has 14 heteroatoms. The molecule has 1 fully saturated rings. The number of piperazine rings is 1. The Kier molecular flexibility index (Phi) is 13.9. The van der Waals surface area contributed by atoms with Crippen LogP contribution < -0.4 is 10.6 Å². The van der Waals surface area contributed by atoms with Crippen LogP contribution in [0.3, 0.4) is 0 Å². The number of hydrogen-bond acceptors (Lipinski definition) is 10. The lowest BCUT2D eigenvalue weighted by Crippen LogP contribution is -2.57. The standard InChI is InChI=1S/C34H45N6O7P/c1-4-7-22-45-34(43)40-20-18-39(19-21-40)33(42)29(25-48(44,46-5-2)47-6-3)37-32(41)28-23-30(35-24-26-14-10-8-11-15-26)38-31(36-28)27-16-12-9-13-17-27/h8-17,23,29H,4-7,18-22,24-25H2,1-3H3,(H,37,41)(H,35,36,38). The third-order valence-electron chi connectivity index (χ3n) is 7.54. The Balaban J connectivity index is 1.57. The van der Waals surface area contributed by atoms with Crippen LogP contribution in [0.2, 0.25) is 0 Å². The molecule has 0 aliphatic carbocycles. The second-order valence-electron chi connectivity index (χ2n) is 11.1. The zero-order chi connectivity index (χ0) is 34.4. The van der Waals surface area contributed by atoms with Crippen molar-refractivity contribution in [2.75, 3.05) is 57.5 Å². The molecule has 1 aliphatic rings. The van der Waals surface area contributed by atoms with Crippen molar-refractivity contribution in [1.82, 2.24) is 25.1 Å². The fourth-order valence-corrected chi connectivity index (χ4v) is 6.83. The van der Waals surface area contributed by atoms with Crippen LogP contribution in [0, 0.1) is 0 Å². The Bertz CT molecular complexity index is 1530. The molecule has 4 rings (SSSR count). The van der Waals surface area contributed by atoms with Gasteiger partial charge < -0.3 is 34.2 Å². The monoisotopic (exact) mass is 680 g/mol. The summed E-state index contributed by atoms with van der Waals surface area (Å²) in [6.45, 7) is 7.28. The smallest absolute Gasteiger partial charge is 0.409 e. The van der Waals surface area contributed by atoms with Gasteiger partial charge in [-0.2, -0.15) is 0 Å². The van der Waals surface area contributed by atoms with Gasteiger partial charge in [0, 0.05) is 44.4 Å². The molecule has 1 atom stereocenters. The molecule has 0 saturated carbocycles. The first-order chi connectivity index (χ1) is 23.2. The van der Waals surface area contributed by atoms with Crippen LogP contribution in [0.4, 0.5) is 10.6 Å². The largest absolute Gasteiger partial charge is 0.449 e. The lowest BCUT2D eigenvalue weighted by molar-refractivity contribution is -0.134. The highest BCUT2D eigenvalue weighted by Crippen LogP contribution is 2.48. The molecule has 3 amide bonds. The summed E-state index contributed by atoms with van der Waals surface area (Å²) in [5, 5.41) is 6.03. The first kappa shape index (κ1) is 36.5. The van der Waals surface area contributed by atoms with Crippen LogP contribution in [-0.4, -0.2) is 95.9 Å². The Morgan fingerprint density at radius 1 is 0.875 bits per heavy atom. The third kappa shape index (κ3) is 10.6. The van der Waals surface area contributed by atoms with Gasteiger partial charge in [-0.05, 0) is 25.8 Å². The average Bonchev–Trinajstić information content (AvgIpc) is 3.11. The fraction of sp³-hybridized carbons (Fsp3) is 0.441. The molecule has 1 aliphatic heterocycles. The van der Waals surface area contributed by atoms with E-state index in [2.05, 4.69) is 20.6 Å². The summed E-state index contributed by atoms with van der Waals surface area (Å²) in [5.74, 6) is -0.398. The Hall–Kier alpha value is -4.32. The van der Waals surface area contributed by atoms with E-state index in [1.54, 1.807) is 18.7 Å². The second-order valence-corrected chi connectivity index (χ2v) is 13.2. The number of rotatable bonds is 16. The maximum absolute atomic E-state index is 14.0. The molecule has 0 bridgehead atoms. The number of nitrogens with zero attached hydrogens (tertiary/aromatic N) is 4. The molecule has 3 aromatic rings. The molecule has 0 spiro atoms. The summed E-state index contributed by atoms with van der Waals surface area (Å²) in [6.07, 6.45) is 0.875. The normalized spacial score (nSPS) is 13.9. The number of ether oxygens (including phenoxy) is 1. The van der Waals surface area contributed by atoms with Crippen molar-refractivity contribution < 1.29 is 32.7 Å². The minimum absolute atomic E-state index is 0.0134. The molecule has 1 saturated heterocycles. The number of amides is 3. The zero-order valence-corrected chi connectivity index (χ0v) is 28.7. The van der Waals surface area contributed by atoms with E-state index in [4.69, 9.17) is 13.8 Å². The molecular weight excluding hydrogens is 635 g/mol. The minimum atomic E-state index is -3.78. The van der Waals surface area contributed by atoms with Gasteiger partial charge in [0.1, 0.15) is 17.6 Å². The van der Waals surface area contributed by atoms with Gasteiger partial charge in [-0.1, -0.05) is 74.0 Å². The van der Waals surface area contributed by atoms with E-state index in [1.165, 1.54) is 11.0 Å². The van der Waals surface area contributed by atoms with Crippen molar-refractivity contribution in [3.05, 3.63) is 78.0 Å². The van der Waals surface area contributed by atoms with Gasteiger partial charge in [-0.3, -0.25) is 14.2 Å². The molecule has 1 unspecified atom stereocenters. The summed E-state index contributed by atoms with van der Waals surface area (Å²) in [4.78, 5) is 52.5. The highest BCUT2D eigenvalue weighted by molar-refractivity contribution is 7.54. The third-order valence-corrected chi connectivity index (χ3v) is 9.66.